The molecule has 0 aliphatic heterocycles. The summed E-state index contributed by atoms with van der Waals surface area (Å²) in [4.78, 5) is 4.17. The van der Waals surface area contributed by atoms with Gasteiger partial charge in [-0.05, 0) is 39.5 Å². The van der Waals surface area contributed by atoms with Gasteiger partial charge in [0.15, 0.2) is 5.51 Å². The van der Waals surface area contributed by atoms with Gasteiger partial charge in [-0.1, -0.05) is 13.8 Å². The average Bonchev–Trinajstić information content (AvgIpc) is 2.51. The Hall–Kier alpha value is -0.410. The summed E-state index contributed by atoms with van der Waals surface area (Å²) in [6.07, 6.45) is 0. The molecule has 0 aliphatic carbocycles. The third kappa shape index (κ3) is 1.63. The molecule has 0 saturated heterocycles. The maximum atomic E-state index is 4.17. The Kier molecular flexibility index (Phi) is 2.39. The van der Waals surface area contributed by atoms with E-state index in [-0.39, 0.29) is 0 Å². The Morgan fingerprint density at radius 2 is 2.23 bits per heavy atom. The summed E-state index contributed by atoms with van der Waals surface area (Å²) in [5, 5.41) is 0. The van der Waals surface area contributed by atoms with Crippen LogP contribution in [0.5, 0.6) is 0 Å². The average molecular weight is 255 g/mol. The SMILES string of the molecule is CC(C)c1cc(Br)c2n[c]sc2c1. The second-order valence-electron chi connectivity index (χ2n) is 3.31. The summed E-state index contributed by atoms with van der Waals surface area (Å²) in [6, 6.07) is 4.33. The van der Waals surface area contributed by atoms with Crippen LogP contribution < -0.4 is 0 Å². The van der Waals surface area contributed by atoms with Gasteiger partial charge in [0.05, 0.1) is 10.2 Å². The predicted molar refractivity (Wildman–Crippen MR) is 60.2 cm³/mol. The van der Waals surface area contributed by atoms with Crippen molar-refractivity contribution in [2.45, 2.75) is 19.8 Å². The van der Waals surface area contributed by atoms with E-state index in [0.717, 1.165) is 9.99 Å². The molecule has 0 unspecified atom stereocenters. The largest absolute Gasteiger partial charge is 0.232 e. The van der Waals surface area contributed by atoms with Crippen LogP contribution in [0.4, 0.5) is 0 Å². The van der Waals surface area contributed by atoms with Crippen molar-refractivity contribution in [1.82, 2.24) is 4.98 Å². The first-order valence-electron chi connectivity index (χ1n) is 4.14. The van der Waals surface area contributed by atoms with Crippen LogP contribution in [-0.2, 0) is 0 Å². The fraction of sp³-hybridized carbons (Fsp3) is 0.300. The lowest BCUT2D eigenvalue weighted by molar-refractivity contribution is 0.868. The zero-order valence-corrected chi connectivity index (χ0v) is 9.87. The summed E-state index contributed by atoms with van der Waals surface area (Å²) >= 11 is 5.09. The van der Waals surface area contributed by atoms with Crippen molar-refractivity contribution in [3.8, 4) is 0 Å². The Morgan fingerprint density at radius 1 is 1.46 bits per heavy atom. The van der Waals surface area contributed by atoms with E-state index in [9.17, 15) is 0 Å². The summed E-state index contributed by atoms with van der Waals surface area (Å²) in [6.45, 7) is 4.39. The third-order valence-electron chi connectivity index (χ3n) is 2.03. The van der Waals surface area contributed by atoms with Crippen LogP contribution in [0.1, 0.15) is 25.3 Å². The van der Waals surface area contributed by atoms with Crippen molar-refractivity contribution >= 4 is 37.5 Å². The molecule has 0 amide bonds. The van der Waals surface area contributed by atoms with Crippen LogP contribution in [0.25, 0.3) is 10.2 Å². The maximum absolute atomic E-state index is 4.17. The van der Waals surface area contributed by atoms with E-state index in [0.29, 0.717) is 5.92 Å². The van der Waals surface area contributed by atoms with E-state index in [1.807, 2.05) is 0 Å². The van der Waals surface area contributed by atoms with Crippen molar-refractivity contribution in [2.75, 3.05) is 0 Å². The summed E-state index contributed by atoms with van der Waals surface area (Å²) in [5.41, 5.74) is 5.27. The predicted octanol–water partition coefficient (Wildman–Crippen LogP) is 3.98. The van der Waals surface area contributed by atoms with E-state index in [4.69, 9.17) is 0 Å². The van der Waals surface area contributed by atoms with Crippen molar-refractivity contribution < 1.29 is 0 Å². The molecule has 0 saturated carbocycles. The number of halogens is 1. The van der Waals surface area contributed by atoms with Crippen molar-refractivity contribution in [3.05, 3.63) is 27.7 Å². The van der Waals surface area contributed by atoms with Crippen LogP contribution in [0.3, 0.4) is 0 Å². The molecule has 1 aromatic heterocycles. The minimum absolute atomic E-state index is 0.558. The van der Waals surface area contributed by atoms with E-state index >= 15 is 0 Å². The second kappa shape index (κ2) is 3.39. The molecule has 2 rings (SSSR count). The molecule has 0 atom stereocenters. The van der Waals surface area contributed by atoms with Crippen molar-refractivity contribution in [1.29, 1.82) is 0 Å². The van der Waals surface area contributed by atoms with Gasteiger partial charge in [0.2, 0.25) is 0 Å². The first-order chi connectivity index (χ1) is 6.18. The Balaban J connectivity index is 2.70. The van der Waals surface area contributed by atoms with Gasteiger partial charge < -0.3 is 0 Å². The molecular weight excluding hydrogens is 246 g/mol. The monoisotopic (exact) mass is 254 g/mol. The number of rotatable bonds is 1. The Bertz CT molecular complexity index is 433. The molecule has 3 heteroatoms. The van der Waals surface area contributed by atoms with Gasteiger partial charge >= 0.3 is 0 Å². The standard InChI is InChI=1S/C10H9BrNS/c1-6(2)7-3-8(11)10-9(4-7)13-5-12-10/h3-4,6H,1-2H3. The van der Waals surface area contributed by atoms with Crippen LogP contribution in [-0.4, -0.2) is 4.98 Å². The summed E-state index contributed by atoms with van der Waals surface area (Å²) < 4.78 is 2.28. The first kappa shape index (κ1) is 9.16. The topological polar surface area (TPSA) is 12.9 Å². The van der Waals surface area contributed by atoms with Crippen LogP contribution >= 0.6 is 27.3 Å². The highest BCUT2D eigenvalue weighted by molar-refractivity contribution is 9.10. The van der Waals surface area contributed by atoms with Crippen molar-refractivity contribution in [3.63, 3.8) is 0 Å². The molecular formula is C10H9BrNS. The molecule has 0 fully saturated rings. The fourth-order valence-corrected chi connectivity index (χ4v) is 2.61. The molecule has 0 bridgehead atoms. The summed E-state index contributed by atoms with van der Waals surface area (Å²) in [5.74, 6) is 0.558. The molecule has 2 aromatic rings. The molecule has 67 valence electrons. The number of thiazole rings is 1. The minimum Gasteiger partial charge on any atom is -0.232 e. The number of benzene rings is 1. The molecule has 1 nitrogen and oxygen atoms in total. The highest BCUT2D eigenvalue weighted by Crippen LogP contribution is 2.29. The zero-order valence-electron chi connectivity index (χ0n) is 7.47. The van der Waals surface area contributed by atoms with Crippen LogP contribution in [0, 0.1) is 5.51 Å². The van der Waals surface area contributed by atoms with Gasteiger partial charge in [-0.3, -0.25) is 0 Å². The fourth-order valence-electron chi connectivity index (χ4n) is 1.23. The lowest BCUT2D eigenvalue weighted by Gasteiger charge is -2.05. The quantitative estimate of drug-likeness (QED) is 0.751. The van der Waals surface area contributed by atoms with Gasteiger partial charge in [0.1, 0.15) is 0 Å². The van der Waals surface area contributed by atoms with E-state index in [1.165, 1.54) is 10.3 Å². The molecule has 0 aliphatic rings. The highest BCUT2D eigenvalue weighted by Gasteiger charge is 2.06. The Morgan fingerprint density at radius 3 is 2.92 bits per heavy atom. The van der Waals surface area contributed by atoms with E-state index in [1.54, 1.807) is 11.3 Å². The molecule has 1 radical (unpaired) electrons. The third-order valence-corrected chi connectivity index (χ3v) is 3.35. The zero-order chi connectivity index (χ0) is 9.42. The number of aromatic nitrogens is 1. The number of hydrogen-bond donors (Lipinski definition) is 0. The number of hydrogen-bond acceptors (Lipinski definition) is 2. The van der Waals surface area contributed by atoms with Gasteiger partial charge in [0.25, 0.3) is 0 Å². The van der Waals surface area contributed by atoms with Crippen LogP contribution in [0.15, 0.2) is 16.6 Å². The normalized spacial score (nSPS) is 11.4. The highest BCUT2D eigenvalue weighted by atomic mass is 79.9. The van der Waals surface area contributed by atoms with Gasteiger partial charge in [-0.2, -0.15) is 0 Å². The first-order valence-corrected chi connectivity index (χ1v) is 5.75. The van der Waals surface area contributed by atoms with E-state index < -0.39 is 0 Å². The molecule has 1 heterocycles. The molecule has 1 aromatic carbocycles. The second-order valence-corrected chi connectivity index (χ2v) is 4.99. The van der Waals surface area contributed by atoms with E-state index in [2.05, 4.69) is 52.4 Å². The van der Waals surface area contributed by atoms with Gasteiger partial charge in [-0.15, -0.1) is 11.3 Å². The molecule has 0 N–H and O–H groups in total. The lowest BCUT2D eigenvalue weighted by atomic mass is 10.0. The van der Waals surface area contributed by atoms with Gasteiger partial charge in [-0.25, -0.2) is 4.98 Å². The van der Waals surface area contributed by atoms with Gasteiger partial charge in [0, 0.05) is 4.47 Å². The number of fused-ring (bicyclic) bond motifs is 1. The van der Waals surface area contributed by atoms with Crippen molar-refractivity contribution in [2.24, 2.45) is 0 Å². The maximum Gasteiger partial charge on any atom is 0.153 e. The Labute approximate surface area is 89.9 Å². The molecule has 13 heavy (non-hydrogen) atoms. The van der Waals surface area contributed by atoms with Crippen LogP contribution in [0.2, 0.25) is 0 Å². The number of nitrogens with zero attached hydrogens (tertiary/aromatic N) is 1. The minimum atomic E-state index is 0.558. The smallest absolute Gasteiger partial charge is 0.153 e. The summed E-state index contributed by atoms with van der Waals surface area (Å²) in [7, 11) is 0. The lowest BCUT2D eigenvalue weighted by Crippen LogP contribution is -1.86. The molecule has 0 spiro atoms.